The van der Waals surface area contributed by atoms with E-state index >= 15 is 0 Å². The molecule has 29 heavy (non-hydrogen) atoms. The second-order valence-electron chi connectivity index (χ2n) is 5.96. The average Bonchev–Trinajstić information content (AvgIpc) is 3.13. The van der Waals surface area contributed by atoms with Crippen molar-refractivity contribution >= 4 is 29.1 Å². The van der Waals surface area contributed by atoms with Crippen molar-refractivity contribution in [2.75, 3.05) is 42.3 Å². The standard InChI is InChI=1S/C19H19F2N3O5/c1-27-16-7-4-13(10-15(16)24-8-9-28-19(24)26)22-11-17(25)23-12-2-5-14(6-3-12)29-18(20)21/h2-7,10,18,22H,8-9,11H2,1H3,(H,23,25). The first-order valence-electron chi connectivity index (χ1n) is 8.67. The molecular weight excluding hydrogens is 388 g/mol. The number of carbonyl (C=O) groups is 2. The fourth-order valence-electron chi connectivity index (χ4n) is 2.73. The predicted octanol–water partition coefficient (Wildman–Crippen LogP) is 3.30. The molecule has 1 aliphatic heterocycles. The number of cyclic esters (lactones) is 1. The minimum absolute atomic E-state index is 0.00215. The molecular formula is C19H19F2N3O5. The molecule has 1 aliphatic rings. The highest BCUT2D eigenvalue weighted by atomic mass is 19.3. The Morgan fingerprint density at radius 2 is 1.93 bits per heavy atom. The molecule has 2 amide bonds. The number of hydrogen-bond acceptors (Lipinski definition) is 6. The molecule has 0 saturated carbocycles. The van der Waals surface area contributed by atoms with Crippen LogP contribution >= 0.6 is 0 Å². The van der Waals surface area contributed by atoms with Gasteiger partial charge in [-0.2, -0.15) is 8.78 Å². The van der Waals surface area contributed by atoms with Gasteiger partial charge in [0.05, 0.1) is 25.9 Å². The number of hydrogen-bond donors (Lipinski definition) is 2. The van der Waals surface area contributed by atoms with E-state index in [4.69, 9.17) is 9.47 Å². The molecule has 2 aromatic rings. The van der Waals surface area contributed by atoms with Gasteiger partial charge in [0.25, 0.3) is 0 Å². The molecule has 2 aromatic carbocycles. The lowest BCUT2D eigenvalue weighted by atomic mass is 10.2. The van der Waals surface area contributed by atoms with Crippen LogP contribution in [0.3, 0.4) is 0 Å². The Hall–Kier alpha value is -3.56. The maximum absolute atomic E-state index is 12.2. The van der Waals surface area contributed by atoms with Crippen molar-refractivity contribution in [3.63, 3.8) is 0 Å². The van der Waals surface area contributed by atoms with Crippen molar-refractivity contribution in [1.29, 1.82) is 0 Å². The molecule has 0 atom stereocenters. The lowest BCUT2D eigenvalue weighted by Crippen LogP contribution is -2.24. The minimum Gasteiger partial charge on any atom is -0.495 e. The molecule has 1 saturated heterocycles. The van der Waals surface area contributed by atoms with Gasteiger partial charge < -0.3 is 24.8 Å². The average molecular weight is 407 g/mol. The summed E-state index contributed by atoms with van der Waals surface area (Å²) in [6.07, 6.45) is -0.461. The van der Waals surface area contributed by atoms with E-state index in [0.717, 1.165) is 0 Å². The van der Waals surface area contributed by atoms with E-state index < -0.39 is 12.7 Å². The van der Waals surface area contributed by atoms with Crippen LogP contribution in [0.4, 0.5) is 30.6 Å². The molecule has 0 bridgehead atoms. The fourth-order valence-corrected chi connectivity index (χ4v) is 2.73. The summed E-state index contributed by atoms with van der Waals surface area (Å²) < 4.78 is 38.8. The summed E-state index contributed by atoms with van der Waals surface area (Å²) in [6, 6.07) is 10.7. The van der Waals surface area contributed by atoms with Crippen LogP contribution in [0.5, 0.6) is 11.5 Å². The van der Waals surface area contributed by atoms with Crippen molar-refractivity contribution in [2.45, 2.75) is 6.61 Å². The quantitative estimate of drug-likeness (QED) is 0.698. The number of amides is 2. The van der Waals surface area contributed by atoms with E-state index in [0.29, 0.717) is 36.0 Å². The zero-order valence-electron chi connectivity index (χ0n) is 15.5. The summed E-state index contributed by atoms with van der Waals surface area (Å²) in [6.45, 7) is -2.25. The van der Waals surface area contributed by atoms with Gasteiger partial charge in [0.15, 0.2) is 0 Å². The first-order valence-corrected chi connectivity index (χ1v) is 8.67. The highest BCUT2D eigenvalue weighted by molar-refractivity contribution is 5.95. The second-order valence-corrected chi connectivity index (χ2v) is 5.96. The maximum Gasteiger partial charge on any atom is 0.414 e. The van der Waals surface area contributed by atoms with Crippen LogP contribution in [-0.4, -0.2) is 45.4 Å². The van der Waals surface area contributed by atoms with Crippen LogP contribution in [0.25, 0.3) is 0 Å². The van der Waals surface area contributed by atoms with Gasteiger partial charge in [-0.1, -0.05) is 0 Å². The lowest BCUT2D eigenvalue weighted by Gasteiger charge is -2.18. The molecule has 154 valence electrons. The van der Waals surface area contributed by atoms with E-state index in [-0.39, 0.29) is 18.2 Å². The molecule has 3 rings (SSSR count). The van der Waals surface area contributed by atoms with Crippen LogP contribution in [0.15, 0.2) is 42.5 Å². The fraction of sp³-hybridized carbons (Fsp3) is 0.263. The second kappa shape index (κ2) is 9.09. The number of carbonyl (C=O) groups excluding carboxylic acids is 2. The van der Waals surface area contributed by atoms with E-state index in [1.807, 2.05) is 0 Å². The normalized spacial score (nSPS) is 13.2. The number of nitrogens with zero attached hydrogens (tertiary/aromatic N) is 1. The number of benzene rings is 2. The maximum atomic E-state index is 12.2. The van der Waals surface area contributed by atoms with E-state index in [1.165, 1.54) is 36.3 Å². The predicted molar refractivity (Wildman–Crippen MR) is 102 cm³/mol. The van der Waals surface area contributed by atoms with E-state index in [9.17, 15) is 18.4 Å². The zero-order chi connectivity index (χ0) is 20.8. The molecule has 2 N–H and O–H groups in total. The van der Waals surface area contributed by atoms with Gasteiger partial charge in [-0.3, -0.25) is 9.69 Å². The largest absolute Gasteiger partial charge is 0.495 e. The van der Waals surface area contributed by atoms with Crippen molar-refractivity contribution in [3.8, 4) is 11.5 Å². The van der Waals surface area contributed by atoms with Gasteiger partial charge >= 0.3 is 12.7 Å². The number of alkyl halides is 2. The molecule has 0 unspecified atom stereocenters. The molecule has 8 nitrogen and oxygen atoms in total. The van der Waals surface area contributed by atoms with Crippen LogP contribution in [0, 0.1) is 0 Å². The number of anilines is 3. The summed E-state index contributed by atoms with van der Waals surface area (Å²) in [5, 5.41) is 5.60. The summed E-state index contributed by atoms with van der Waals surface area (Å²) in [7, 11) is 1.50. The molecule has 0 spiro atoms. The molecule has 10 heteroatoms. The first-order chi connectivity index (χ1) is 14.0. The molecule has 1 fully saturated rings. The smallest absolute Gasteiger partial charge is 0.414 e. The first kappa shape index (κ1) is 20.2. The highest BCUT2D eigenvalue weighted by Gasteiger charge is 2.26. The Morgan fingerprint density at radius 1 is 1.21 bits per heavy atom. The Kier molecular flexibility index (Phi) is 6.32. The van der Waals surface area contributed by atoms with Crippen molar-refractivity contribution in [3.05, 3.63) is 42.5 Å². The summed E-state index contributed by atoms with van der Waals surface area (Å²) in [5.41, 5.74) is 1.58. The molecule has 0 aromatic heterocycles. The van der Waals surface area contributed by atoms with Crippen LogP contribution < -0.4 is 25.0 Å². The van der Waals surface area contributed by atoms with E-state index in [2.05, 4.69) is 15.4 Å². The van der Waals surface area contributed by atoms with Crippen molar-refractivity contribution < 1.29 is 32.6 Å². The van der Waals surface area contributed by atoms with Crippen LogP contribution in [0.2, 0.25) is 0 Å². The number of methoxy groups -OCH3 is 1. The third-order valence-electron chi connectivity index (χ3n) is 4.05. The van der Waals surface area contributed by atoms with Gasteiger partial charge in [0.2, 0.25) is 5.91 Å². The number of ether oxygens (including phenoxy) is 3. The van der Waals surface area contributed by atoms with Crippen LogP contribution in [0.1, 0.15) is 0 Å². The van der Waals surface area contributed by atoms with Gasteiger partial charge in [-0.25, -0.2) is 4.79 Å². The Bertz CT molecular complexity index is 877. The Balaban J connectivity index is 1.59. The summed E-state index contributed by atoms with van der Waals surface area (Å²) in [4.78, 5) is 25.4. The number of rotatable bonds is 8. The minimum atomic E-state index is -2.91. The number of nitrogens with one attached hydrogen (secondary N) is 2. The third-order valence-corrected chi connectivity index (χ3v) is 4.05. The van der Waals surface area contributed by atoms with Gasteiger partial charge in [0, 0.05) is 11.4 Å². The van der Waals surface area contributed by atoms with E-state index in [1.54, 1.807) is 18.2 Å². The molecule has 1 heterocycles. The Labute approximate surface area is 165 Å². The van der Waals surface area contributed by atoms with Crippen molar-refractivity contribution in [2.24, 2.45) is 0 Å². The molecule has 0 radical (unpaired) electrons. The summed E-state index contributed by atoms with van der Waals surface area (Å²) in [5.74, 6) is 0.165. The topological polar surface area (TPSA) is 89.1 Å². The highest BCUT2D eigenvalue weighted by Crippen LogP contribution is 2.33. The zero-order valence-corrected chi connectivity index (χ0v) is 15.5. The third kappa shape index (κ3) is 5.24. The number of halogens is 2. The SMILES string of the molecule is COc1ccc(NCC(=O)Nc2ccc(OC(F)F)cc2)cc1N1CCOC1=O. The molecule has 0 aliphatic carbocycles. The van der Waals surface area contributed by atoms with Gasteiger partial charge in [-0.05, 0) is 42.5 Å². The van der Waals surface area contributed by atoms with Crippen molar-refractivity contribution in [1.82, 2.24) is 0 Å². The monoisotopic (exact) mass is 407 g/mol. The lowest BCUT2D eigenvalue weighted by molar-refractivity contribution is -0.114. The van der Waals surface area contributed by atoms with Crippen LogP contribution in [-0.2, 0) is 9.53 Å². The summed E-state index contributed by atoms with van der Waals surface area (Å²) >= 11 is 0. The Morgan fingerprint density at radius 3 is 2.55 bits per heavy atom. The van der Waals surface area contributed by atoms with Gasteiger partial charge in [-0.15, -0.1) is 0 Å². The van der Waals surface area contributed by atoms with Gasteiger partial charge in [0.1, 0.15) is 18.1 Å².